The maximum atomic E-state index is 12.5. The van der Waals surface area contributed by atoms with Crippen molar-refractivity contribution >= 4 is 27.5 Å². The molecule has 0 aliphatic rings. The summed E-state index contributed by atoms with van der Waals surface area (Å²) in [5.41, 5.74) is 1.34. The van der Waals surface area contributed by atoms with Gasteiger partial charge in [0.25, 0.3) is 5.91 Å². The molecule has 2 aromatic carbocycles. The number of nitrogens with zero attached hydrogens (tertiary/aromatic N) is 1. The number of anilines is 1. The van der Waals surface area contributed by atoms with Gasteiger partial charge < -0.3 is 14.4 Å². The van der Waals surface area contributed by atoms with E-state index < -0.39 is 0 Å². The van der Waals surface area contributed by atoms with Crippen molar-refractivity contribution in [1.29, 1.82) is 0 Å². The van der Waals surface area contributed by atoms with Crippen LogP contribution in [-0.2, 0) is 0 Å². The second kappa shape index (κ2) is 6.63. The molecule has 5 heteroatoms. The number of hydrogen-bond donors (Lipinski definition) is 0. The number of methoxy groups -OCH3 is 2. The Morgan fingerprint density at radius 1 is 1.05 bits per heavy atom. The van der Waals surface area contributed by atoms with Crippen molar-refractivity contribution in [2.75, 3.05) is 26.2 Å². The summed E-state index contributed by atoms with van der Waals surface area (Å²) >= 11 is 3.40. The van der Waals surface area contributed by atoms with E-state index >= 15 is 0 Å². The van der Waals surface area contributed by atoms with E-state index in [9.17, 15) is 4.79 Å². The Hall–Kier alpha value is -2.01. The van der Waals surface area contributed by atoms with E-state index in [0.717, 1.165) is 10.2 Å². The first-order valence-corrected chi connectivity index (χ1v) is 7.12. The Kier molecular flexibility index (Phi) is 4.85. The average molecular weight is 350 g/mol. The van der Waals surface area contributed by atoms with Crippen molar-refractivity contribution in [1.82, 2.24) is 0 Å². The maximum Gasteiger partial charge on any atom is 0.259 e. The largest absolute Gasteiger partial charge is 0.493 e. The molecule has 0 atom stereocenters. The van der Waals surface area contributed by atoms with E-state index in [4.69, 9.17) is 9.47 Å². The monoisotopic (exact) mass is 349 g/mol. The van der Waals surface area contributed by atoms with E-state index in [2.05, 4.69) is 15.9 Å². The number of carbonyl (C=O) groups is 1. The number of benzene rings is 2. The zero-order valence-electron chi connectivity index (χ0n) is 12.1. The fourth-order valence-electron chi connectivity index (χ4n) is 1.97. The van der Waals surface area contributed by atoms with Crippen LogP contribution in [0.15, 0.2) is 46.9 Å². The topological polar surface area (TPSA) is 38.8 Å². The minimum Gasteiger partial charge on any atom is -0.493 e. The van der Waals surface area contributed by atoms with Gasteiger partial charge in [0.15, 0.2) is 11.5 Å². The normalized spacial score (nSPS) is 10.1. The first-order valence-electron chi connectivity index (χ1n) is 6.33. The molecule has 2 aromatic rings. The van der Waals surface area contributed by atoms with Gasteiger partial charge in [-0.3, -0.25) is 4.79 Å². The Bertz CT molecular complexity index is 658. The van der Waals surface area contributed by atoms with Crippen molar-refractivity contribution in [3.63, 3.8) is 0 Å². The lowest BCUT2D eigenvalue weighted by Crippen LogP contribution is -2.26. The highest BCUT2D eigenvalue weighted by atomic mass is 79.9. The van der Waals surface area contributed by atoms with Gasteiger partial charge in [-0.15, -0.1) is 0 Å². The number of rotatable bonds is 4. The smallest absolute Gasteiger partial charge is 0.259 e. The van der Waals surface area contributed by atoms with Crippen molar-refractivity contribution in [3.8, 4) is 11.5 Å². The van der Waals surface area contributed by atoms with Crippen LogP contribution < -0.4 is 14.4 Å². The van der Waals surface area contributed by atoms with Gasteiger partial charge in [0.1, 0.15) is 0 Å². The van der Waals surface area contributed by atoms with Gasteiger partial charge in [-0.2, -0.15) is 0 Å². The molecule has 110 valence electrons. The van der Waals surface area contributed by atoms with Crippen molar-refractivity contribution in [3.05, 3.63) is 52.5 Å². The van der Waals surface area contributed by atoms with Crippen LogP contribution in [0.1, 0.15) is 10.4 Å². The van der Waals surface area contributed by atoms with E-state index in [1.807, 2.05) is 24.3 Å². The van der Waals surface area contributed by atoms with Gasteiger partial charge in [0.2, 0.25) is 0 Å². The number of amides is 1. The van der Waals surface area contributed by atoms with Gasteiger partial charge in [0, 0.05) is 23.3 Å². The predicted molar refractivity (Wildman–Crippen MR) is 86.4 cm³/mol. The Morgan fingerprint density at radius 3 is 2.33 bits per heavy atom. The minimum atomic E-state index is -0.102. The van der Waals surface area contributed by atoms with Crippen molar-refractivity contribution in [2.45, 2.75) is 0 Å². The van der Waals surface area contributed by atoms with Crippen LogP contribution in [0.3, 0.4) is 0 Å². The second-order valence-electron chi connectivity index (χ2n) is 4.38. The van der Waals surface area contributed by atoms with Crippen molar-refractivity contribution < 1.29 is 14.3 Å². The SMILES string of the molecule is COc1ccc(N(C)C(=O)c2ccccc2Br)cc1OC. The van der Waals surface area contributed by atoms with Crippen LogP contribution in [0.25, 0.3) is 0 Å². The maximum absolute atomic E-state index is 12.5. The summed E-state index contributed by atoms with van der Waals surface area (Å²) in [5.74, 6) is 1.11. The molecule has 0 unspecified atom stereocenters. The molecule has 0 aromatic heterocycles. The predicted octanol–water partition coefficient (Wildman–Crippen LogP) is 3.74. The standard InChI is InChI=1S/C16H16BrNO3/c1-18(16(19)12-6-4-5-7-13(12)17)11-8-9-14(20-2)15(10-11)21-3/h4-10H,1-3H3. The summed E-state index contributed by atoms with van der Waals surface area (Å²) in [7, 11) is 4.87. The van der Waals surface area contributed by atoms with Gasteiger partial charge in [-0.05, 0) is 40.2 Å². The highest BCUT2D eigenvalue weighted by molar-refractivity contribution is 9.10. The van der Waals surface area contributed by atoms with E-state index in [1.54, 1.807) is 44.4 Å². The average Bonchev–Trinajstić information content (AvgIpc) is 2.53. The van der Waals surface area contributed by atoms with Crippen LogP contribution >= 0.6 is 15.9 Å². The summed E-state index contributed by atoms with van der Waals surface area (Å²) < 4.78 is 11.2. The van der Waals surface area contributed by atoms with Gasteiger partial charge in [-0.1, -0.05) is 12.1 Å². The highest BCUT2D eigenvalue weighted by Crippen LogP contribution is 2.32. The quantitative estimate of drug-likeness (QED) is 0.843. The Balaban J connectivity index is 2.34. The molecule has 0 fully saturated rings. The number of carbonyl (C=O) groups excluding carboxylic acids is 1. The zero-order valence-corrected chi connectivity index (χ0v) is 13.7. The lowest BCUT2D eigenvalue weighted by Gasteiger charge is -2.19. The Labute approximate surface area is 132 Å². The first-order chi connectivity index (χ1) is 10.1. The van der Waals surface area contributed by atoms with Crippen LogP contribution in [0.4, 0.5) is 5.69 Å². The summed E-state index contributed by atoms with van der Waals surface area (Å²) in [6.45, 7) is 0. The number of hydrogen-bond acceptors (Lipinski definition) is 3. The fourth-order valence-corrected chi connectivity index (χ4v) is 2.42. The molecular weight excluding hydrogens is 334 g/mol. The third-order valence-corrected chi connectivity index (χ3v) is 3.85. The second-order valence-corrected chi connectivity index (χ2v) is 5.24. The lowest BCUT2D eigenvalue weighted by atomic mass is 10.2. The lowest BCUT2D eigenvalue weighted by molar-refractivity contribution is 0.0992. The Morgan fingerprint density at radius 2 is 1.71 bits per heavy atom. The van der Waals surface area contributed by atoms with E-state index in [1.165, 1.54) is 0 Å². The van der Waals surface area contributed by atoms with Crippen LogP contribution in [-0.4, -0.2) is 27.2 Å². The minimum absolute atomic E-state index is 0.102. The fraction of sp³-hybridized carbons (Fsp3) is 0.188. The first kappa shape index (κ1) is 15.4. The van der Waals surface area contributed by atoms with Crippen LogP contribution in [0.5, 0.6) is 11.5 Å². The molecule has 4 nitrogen and oxygen atoms in total. The molecule has 0 spiro atoms. The molecule has 2 rings (SSSR count). The third-order valence-electron chi connectivity index (χ3n) is 3.16. The van der Waals surface area contributed by atoms with Gasteiger partial charge >= 0.3 is 0 Å². The highest BCUT2D eigenvalue weighted by Gasteiger charge is 2.17. The molecule has 0 aliphatic carbocycles. The molecule has 0 saturated carbocycles. The van der Waals surface area contributed by atoms with Gasteiger partial charge in [-0.25, -0.2) is 0 Å². The molecule has 0 aliphatic heterocycles. The van der Waals surface area contributed by atoms with Crippen molar-refractivity contribution in [2.24, 2.45) is 0 Å². The number of ether oxygens (including phenoxy) is 2. The summed E-state index contributed by atoms with van der Waals surface area (Å²) in [6.07, 6.45) is 0. The molecule has 0 heterocycles. The molecule has 0 bridgehead atoms. The van der Waals surface area contributed by atoms with E-state index in [-0.39, 0.29) is 5.91 Å². The zero-order chi connectivity index (χ0) is 15.4. The van der Waals surface area contributed by atoms with Crippen LogP contribution in [0.2, 0.25) is 0 Å². The van der Waals surface area contributed by atoms with Gasteiger partial charge in [0.05, 0.1) is 19.8 Å². The molecule has 1 amide bonds. The molecule has 0 N–H and O–H groups in total. The third kappa shape index (κ3) is 3.19. The molecule has 21 heavy (non-hydrogen) atoms. The molecule has 0 radical (unpaired) electrons. The summed E-state index contributed by atoms with van der Waals surface area (Å²) in [4.78, 5) is 14.1. The summed E-state index contributed by atoms with van der Waals surface area (Å²) in [5, 5.41) is 0. The van der Waals surface area contributed by atoms with Crippen LogP contribution in [0, 0.1) is 0 Å². The number of halogens is 1. The summed E-state index contributed by atoms with van der Waals surface area (Å²) in [6, 6.07) is 12.7. The molecular formula is C16H16BrNO3. The molecule has 0 saturated heterocycles. The van der Waals surface area contributed by atoms with E-state index in [0.29, 0.717) is 17.1 Å².